The Morgan fingerprint density at radius 1 is 1.33 bits per heavy atom. The number of allylic oxidation sites excluding steroid dienone is 1. The maximum atomic E-state index is 12.6. The second-order valence-corrected chi connectivity index (χ2v) is 8.54. The standard InChI is InChI=1S/C19H25NO3S/c1-3-12-20(18-11-13-24(22,23)15-18)19(21)14-16(2)9-10-17-7-5-4-6-8-17/h3-8,14,18H,1,9-13,15H2,2H3/b16-14+. The molecule has 1 aromatic carbocycles. The van der Waals surface area contributed by atoms with Crippen LogP contribution in [0.15, 0.2) is 54.6 Å². The highest BCUT2D eigenvalue weighted by molar-refractivity contribution is 7.91. The number of amides is 1. The number of aryl methyl sites for hydroxylation is 1. The minimum atomic E-state index is -3.02. The second-order valence-electron chi connectivity index (χ2n) is 6.31. The van der Waals surface area contributed by atoms with E-state index in [9.17, 15) is 13.2 Å². The molecule has 130 valence electrons. The summed E-state index contributed by atoms with van der Waals surface area (Å²) < 4.78 is 23.3. The Kier molecular flexibility index (Phi) is 6.37. The van der Waals surface area contributed by atoms with Crippen molar-refractivity contribution in [3.8, 4) is 0 Å². The van der Waals surface area contributed by atoms with Crippen LogP contribution < -0.4 is 0 Å². The zero-order valence-electron chi connectivity index (χ0n) is 14.1. The van der Waals surface area contributed by atoms with Crippen molar-refractivity contribution in [1.82, 2.24) is 4.90 Å². The topological polar surface area (TPSA) is 54.5 Å². The lowest BCUT2D eigenvalue weighted by Crippen LogP contribution is -2.40. The van der Waals surface area contributed by atoms with Gasteiger partial charge in [0.25, 0.3) is 0 Å². The molecule has 0 aliphatic carbocycles. The minimum absolute atomic E-state index is 0.0590. The molecule has 1 heterocycles. The largest absolute Gasteiger partial charge is 0.331 e. The van der Waals surface area contributed by atoms with Crippen LogP contribution in [0.2, 0.25) is 0 Å². The normalized spacial score (nSPS) is 19.9. The molecule has 1 unspecified atom stereocenters. The van der Waals surface area contributed by atoms with Crippen molar-refractivity contribution in [2.24, 2.45) is 0 Å². The molecule has 1 saturated heterocycles. The number of hydrogen-bond donors (Lipinski definition) is 0. The fourth-order valence-electron chi connectivity index (χ4n) is 2.93. The summed E-state index contributed by atoms with van der Waals surface area (Å²) in [6.45, 7) is 6.00. The molecule has 1 atom stereocenters. The number of hydrogen-bond acceptors (Lipinski definition) is 3. The lowest BCUT2D eigenvalue weighted by molar-refractivity contribution is -0.127. The molecular formula is C19H25NO3S. The van der Waals surface area contributed by atoms with Crippen LogP contribution in [0.1, 0.15) is 25.3 Å². The molecule has 0 bridgehead atoms. The highest BCUT2D eigenvalue weighted by Crippen LogP contribution is 2.19. The number of carbonyl (C=O) groups excluding carboxylic acids is 1. The fraction of sp³-hybridized carbons (Fsp3) is 0.421. The summed E-state index contributed by atoms with van der Waals surface area (Å²) in [5, 5.41) is 0. The van der Waals surface area contributed by atoms with Gasteiger partial charge in [-0.05, 0) is 31.7 Å². The van der Waals surface area contributed by atoms with Crippen molar-refractivity contribution in [2.45, 2.75) is 32.2 Å². The predicted octanol–water partition coefficient (Wildman–Crippen LogP) is 2.77. The number of rotatable bonds is 7. The molecule has 1 amide bonds. The first-order valence-corrected chi connectivity index (χ1v) is 10.1. The first-order valence-electron chi connectivity index (χ1n) is 8.24. The molecule has 5 heteroatoms. The summed E-state index contributed by atoms with van der Waals surface area (Å²) in [4.78, 5) is 14.2. The Morgan fingerprint density at radius 3 is 2.62 bits per heavy atom. The highest BCUT2D eigenvalue weighted by atomic mass is 32.2. The summed E-state index contributed by atoms with van der Waals surface area (Å²) in [7, 11) is -3.02. The number of carbonyl (C=O) groups is 1. The quantitative estimate of drug-likeness (QED) is 0.563. The summed E-state index contributed by atoms with van der Waals surface area (Å²) in [5.74, 6) is 0.0984. The van der Waals surface area contributed by atoms with E-state index in [0.29, 0.717) is 13.0 Å². The molecule has 1 aromatic rings. The molecule has 1 aliphatic rings. The number of nitrogens with zero attached hydrogens (tertiary/aromatic N) is 1. The van der Waals surface area contributed by atoms with Gasteiger partial charge in [-0.1, -0.05) is 42.0 Å². The molecule has 0 saturated carbocycles. The van der Waals surface area contributed by atoms with E-state index in [-0.39, 0.29) is 23.5 Å². The SMILES string of the molecule is C=CCN(C(=O)/C=C(\C)CCc1ccccc1)C1CCS(=O)(=O)C1. The van der Waals surface area contributed by atoms with Gasteiger partial charge in [-0.15, -0.1) is 6.58 Å². The lowest BCUT2D eigenvalue weighted by atomic mass is 10.1. The third-order valence-corrected chi connectivity index (χ3v) is 6.03. The third-order valence-electron chi connectivity index (χ3n) is 4.28. The van der Waals surface area contributed by atoms with E-state index >= 15 is 0 Å². The van der Waals surface area contributed by atoms with Crippen LogP contribution in [-0.4, -0.2) is 43.3 Å². The Labute approximate surface area is 144 Å². The van der Waals surface area contributed by atoms with E-state index in [1.54, 1.807) is 17.1 Å². The van der Waals surface area contributed by atoms with Gasteiger partial charge >= 0.3 is 0 Å². The first-order chi connectivity index (χ1) is 11.4. The van der Waals surface area contributed by atoms with Crippen LogP contribution in [0.4, 0.5) is 0 Å². The van der Waals surface area contributed by atoms with Crippen molar-refractivity contribution in [3.05, 3.63) is 60.2 Å². The molecule has 0 N–H and O–H groups in total. The average molecular weight is 347 g/mol. The van der Waals surface area contributed by atoms with E-state index in [1.165, 1.54) is 5.56 Å². The first kappa shape index (κ1) is 18.5. The maximum Gasteiger partial charge on any atom is 0.247 e. The van der Waals surface area contributed by atoms with Gasteiger partial charge < -0.3 is 4.90 Å². The number of benzene rings is 1. The Morgan fingerprint density at radius 2 is 2.04 bits per heavy atom. The van der Waals surface area contributed by atoms with Crippen molar-refractivity contribution in [1.29, 1.82) is 0 Å². The predicted molar refractivity (Wildman–Crippen MR) is 97.5 cm³/mol. The fourth-order valence-corrected chi connectivity index (χ4v) is 4.66. The van der Waals surface area contributed by atoms with Crippen molar-refractivity contribution in [3.63, 3.8) is 0 Å². The third kappa shape index (κ3) is 5.34. The van der Waals surface area contributed by atoms with E-state index < -0.39 is 9.84 Å². The molecule has 1 fully saturated rings. The summed E-state index contributed by atoms with van der Waals surface area (Å²) in [5.41, 5.74) is 2.24. The van der Waals surface area contributed by atoms with E-state index in [2.05, 4.69) is 18.7 Å². The van der Waals surface area contributed by atoms with Crippen LogP contribution in [0.5, 0.6) is 0 Å². The molecule has 2 rings (SSSR count). The van der Waals surface area contributed by atoms with E-state index in [1.807, 2.05) is 25.1 Å². The number of sulfone groups is 1. The van der Waals surface area contributed by atoms with Gasteiger partial charge in [0.1, 0.15) is 0 Å². The summed E-state index contributed by atoms with van der Waals surface area (Å²) >= 11 is 0. The Balaban J connectivity index is 1.99. The molecule has 0 aromatic heterocycles. The van der Waals surface area contributed by atoms with Crippen LogP contribution in [0.25, 0.3) is 0 Å². The average Bonchev–Trinajstić information content (AvgIpc) is 2.91. The zero-order chi connectivity index (χ0) is 17.6. The zero-order valence-corrected chi connectivity index (χ0v) is 15.0. The maximum absolute atomic E-state index is 12.6. The highest BCUT2D eigenvalue weighted by Gasteiger charge is 2.33. The Hall–Kier alpha value is -1.88. The van der Waals surface area contributed by atoms with Crippen molar-refractivity contribution in [2.75, 3.05) is 18.1 Å². The van der Waals surface area contributed by atoms with Gasteiger partial charge in [-0.2, -0.15) is 0 Å². The van der Waals surface area contributed by atoms with Crippen molar-refractivity contribution < 1.29 is 13.2 Å². The van der Waals surface area contributed by atoms with Crippen molar-refractivity contribution >= 4 is 15.7 Å². The van der Waals surface area contributed by atoms with Gasteiger partial charge in [-0.25, -0.2) is 8.42 Å². The molecule has 24 heavy (non-hydrogen) atoms. The van der Waals surface area contributed by atoms with Gasteiger partial charge in [0.15, 0.2) is 9.84 Å². The van der Waals surface area contributed by atoms with Crippen LogP contribution in [0.3, 0.4) is 0 Å². The van der Waals surface area contributed by atoms with Gasteiger partial charge in [-0.3, -0.25) is 4.79 Å². The molecule has 0 spiro atoms. The molecule has 0 radical (unpaired) electrons. The monoisotopic (exact) mass is 347 g/mol. The van der Waals surface area contributed by atoms with Crippen LogP contribution in [0, 0.1) is 0 Å². The minimum Gasteiger partial charge on any atom is -0.331 e. The van der Waals surface area contributed by atoms with Gasteiger partial charge in [0.05, 0.1) is 11.5 Å². The van der Waals surface area contributed by atoms with Gasteiger partial charge in [0.2, 0.25) is 5.91 Å². The van der Waals surface area contributed by atoms with E-state index in [4.69, 9.17) is 0 Å². The lowest BCUT2D eigenvalue weighted by Gasteiger charge is -2.26. The molecule has 4 nitrogen and oxygen atoms in total. The van der Waals surface area contributed by atoms with Crippen LogP contribution >= 0.6 is 0 Å². The molecular weight excluding hydrogens is 322 g/mol. The van der Waals surface area contributed by atoms with Crippen LogP contribution in [-0.2, 0) is 21.1 Å². The Bertz CT molecular complexity index is 707. The summed E-state index contributed by atoms with van der Waals surface area (Å²) in [6.07, 6.45) is 5.49. The second kappa shape index (κ2) is 8.29. The molecule has 1 aliphatic heterocycles. The smallest absolute Gasteiger partial charge is 0.247 e. The summed E-state index contributed by atoms with van der Waals surface area (Å²) in [6, 6.07) is 9.90. The van der Waals surface area contributed by atoms with Gasteiger partial charge in [0, 0.05) is 18.7 Å². The van der Waals surface area contributed by atoms with E-state index in [0.717, 1.165) is 18.4 Å².